The highest BCUT2D eigenvalue weighted by Gasteiger charge is 2.53. The highest BCUT2D eigenvalue weighted by molar-refractivity contribution is 7.85. The third-order valence-electron chi connectivity index (χ3n) is 5.57. The number of aryl methyl sites for hydroxylation is 1. The minimum absolute atomic E-state index is 0.0283. The number of hydrogen-bond acceptors (Lipinski definition) is 4. The molecule has 0 saturated heterocycles. The van der Waals surface area contributed by atoms with Crippen molar-refractivity contribution in [1.29, 1.82) is 0 Å². The molecule has 1 amide bonds. The van der Waals surface area contributed by atoms with E-state index in [0.717, 1.165) is 5.56 Å². The minimum atomic E-state index is -4.46. The quantitative estimate of drug-likeness (QED) is 0.701. The molecule has 0 aromatic heterocycles. The van der Waals surface area contributed by atoms with Crippen LogP contribution in [0.3, 0.4) is 0 Å². The fourth-order valence-corrected chi connectivity index (χ4v) is 4.82. The lowest BCUT2D eigenvalue weighted by Gasteiger charge is -2.51. The molecule has 2 aromatic carbocycles. The molecule has 3 rings (SSSR count). The van der Waals surface area contributed by atoms with E-state index in [-0.39, 0.29) is 11.4 Å². The molecule has 2 aromatic rings. The van der Waals surface area contributed by atoms with E-state index in [0.29, 0.717) is 22.6 Å². The van der Waals surface area contributed by atoms with Crippen LogP contribution < -0.4 is 9.64 Å². The first-order valence-electron chi connectivity index (χ1n) is 9.16. The molecule has 0 aliphatic carbocycles. The second kappa shape index (κ2) is 6.74. The summed E-state index contributed by atoms with van der Waals surface area (Å²) in [4.78, 5) is 13.1. The Balaban J connectivity index is 2.39. The minimum Gasteiger partial charge on any atom is -0.478 e. The molecule has 1 aliphatic rings. The van der Waals surface area contributed by atoms with Gasteiger partial charge in [0.2, 0.25) is 0 Å². The van der Waals surface area contributed by atoms with E-state index in [2.05, 4.69) is 0 Å². The zero-order valence-electron chi connectivity index (χ0n) is 17.1. The Morgan fingerprint density at radius 2 is 1.76 bits per heavy atom. The van der Waals surface area contributed by atoms with Gasteiger partial charge in [0.05, 0.1) is 17.1 Å². The Morgan fingerprint density at radius 1 is 1.14 bits per heavy atom. The Kier molecular flexibility index (Phi) is 4.91. The van der Waals surface area contributed by atoms with Gasteiger partial charge >= 0.3 is 6.09 Å². The zero-order valence-corrected chi connectivity index (χ0v) is 17.9. The van der Waals surface area contributed by atoms with Crippen LogP contribution in [0, 0.1) is 19.3 Å². The zero-order chi connectivity index (χ0) is 21.8. The molecule has 0 spiro atoms. The molecule has 1 unspecified atom stereocenters. The van der Waals surface area contributed by atoms with E-state index in [1.165, 1.54) is 11.0 Å². The normalized spacial score (nSPS) is 19.4. The van der Waals surface area contributed by atoms with Crippen LogP contribution in [0.5, 0.6) is 5.75 Å². The summed E-state index contributed by atoms with van der Waals surface area (Å²) in [5.41, 5.74) is 0.264. The molecular weight excluding hydrogens is 394 g/mol. The summed E-state index contributed by atoms with van der Waals surface area (Å²) in [6, 6.07) is 9.82. The molecule has 2 N–H and O–H groups in total. The van der Waals surface area contributed by atoms with E-state index in [1.807, 2.05) is 27.7 Å². The van der Waals surface area contributed by atoms with E-state index in [1.54, 1.807) is 37.3 Å². The van der Waals surface area contributed by atoms with Gasteiger partial charge in [0.15, 0.2) is 5.60 Å². The number of nitrogens with zero attached hydrogens (tertiary/aromatic N) is 1. The molecule has 1 heterocycles. The summed E-state index contributed by atoms with van der Waals surface area (Å²) >= 11 is 0. The van der Waals surface area contributed by atoms with Crippen LogP contribution in [0.2, 0.25) is 0 Å². The summed E-state index contributed by atoms with van der Waals surface area (Å²) in [6.07, 6.45) is -1.13. The lowest BCUT2D eigenvalue weighted by atomic mass is 9.68. The summed E-state index contributed by atoms with van der Waals surface area (Å²) in [5.74, 6) is 0.395. The van der Waals surface area contributed by atoms with Crippen molar-refractivity contribution in [3.8, 4) is 5.75 Å². The van der Waals surface area contributed by atoms with Crippen LogP contribution in [0.15, 0.2) is 41.3 Å². The third kappa shape index (κ3) is 3.36. The van der Waals surface area contributed by atoms with Crippen molar-refractivity contribution < 1.29 is 27.6 Å². The predicted molar refractivity (Wildman–Crippen MR) is 109 cm³/mol. The summed E-state index contributed by atoms with van der Waals surface area (Å²) in [6.45, 7) is 9.14. The highest BCUT2D eigenvalue weighted by atomic mass is 32.2. The molecule has 0 fully saturated rings. The van der Waals surface area contributed by atoms with E-state index >= 15 is 0 Å². The molecule has 0 bridgehead atoms. The lowest BCUT2D eigenvalue weighted by molar-refractivity contribution is -0.0393. The molecule has 0 radical (unpaired) electrons. The number of para-hydroxylation sites is 2. The molecule has 8 heteroatoms. The number of hydrogen-bond donors (Lipinski definition) is 2. The Bertz CT molecular complexity index is 1090. The van der Waals surface area contributed by atoms with Gasteiger partial charge in [-0.2, -0.15) is 8.42 Å². The van der Waals surface area contributed by atoms with Gasteiger partial charge in [-0.05, 0) is 43.2 Å². The number of anilines is 1. The van der Waals surface area contributed by atoms with Crippen molar-refractivity contribution in [2.75, 3.05) is 11.4 Å². The van der Waals surface area contributed by atoms with Crippen molar-refractivity contribution in [2.45, 2.75) is 45.1 Å². The average Bonchev–Trinajstić information content (AvgIpc) is 2.58. The number of benzene rings is 2. The van der Waals surface area contributed by atoms with Gasteiger partial charge < -0.3 is 9.84 Å². The first kappa shape index (κ1) is 21.1. The number of rotatable bonds is 2. The van der Waals surface area contributed by atoms with Gasteiger partial charge in [0.25, 0.3) is 10.1 Å². The summed E-state index contributed by atoms with van der Waals surface area (Å²) in [7, 11) is -4.46. The Hall–Kier alpha value is -2.58. The van der Waals surface area contributed by atoms with Crippen LogP contribution >= 0.6 is 0 Å². The predicted octanol–water partition coefficient (Wildman–Crippen LogP) is 4.37. The Morgan fingerprint density at radius 3 is 2.31 bits per heavy atom. The second-order valence-corrected chi connectivity index (χ2v) is 9.76. The molecule has 29 heavy (non-hydrogen) atoms. The fraction of sp³-hybridized carbons (Fsp3) is 0.381. The summed E-state index contributed by atoms with van der Waals surface area (Å²) < 4.78 is 40.1. The second-order valence-electron chi connectivity index (χ2n) is 8.37. The number of carboxylic acid groups (broad SMARTS) is 1. The molecule has 156 valence electrons. The van der Waals surface area contributed by atoms with Gasteiger partial charge in [-0.3, -0.25) is 9.45 Å². The standard InChI is InChI=1S/C21H25NO6S/c1-13-10-11-17(29(25,26)27)14(2)18(13)21(20(3,4)5)12-22(19(23)24)15-8-6-7-9-16(15)28-21/h6-11H,12H2,1-5H3,(H,23,24)(H,25,26,27). The van der Waals surface area contributed by atoms with Gasteiger partial charge in [0, 0.05) is 11.0 Å². The average molecular weight is 419 g/mol. The van der Waals surface area contributed by atoms with Crippen molar-refractivity contribution in [3.05, 3.63) is 53.1 Å². The van der Waals surface area contributed by atoms with Crippen molar-refractivity contribution in [1.82, 2.24) is 0 Å². The Labute approximate surface area is 170 Å². The van der Waals surface area contributed by atoms with Gasteiger partial charge in [-0.1, -0.05) is 39.0 Å². The number of carbonyl (C=O) groups is 1. The largest absolute Gasteiger partial charge is 0.478 e. The van der Waals surface area contributed by atoms with Gasteiger partial charge in [0.1, 0.15) is 5.75 Å². The molecule has 1 aliphatic heterocycles. The third-order valence-corrected chi connectivity index (χ3v) is 6.57. The molecule has 7 nitrogen and oxygen atoms in total. The van der Waals surface area contributed by atoms with Gasteiger partial charge in [-0.15, -0.1) is 0 Å². The van der Waals surface area contributed by atoms with E-state index < -0.39 is 27.2 Å². The summed E-state index contributed by atoms with van der Waals surface area (Å²) in [5, 5.41) is 9.89. The first-order chi connectivity index (χ1) is 13.3. The monoisotopic (exact) mass is 419 g/mol. The molecule has 0 saturated carbocycles. The van der Waals surface area contributed by atoms with Crippen LogP contribution in [0.4, 0.5) is 10.5 Å². The van der Waals surface area contributed by atoms with Crippen molar-refractivity contribution >= 4 is 21.9 Å². The fourth-order valence-electron chi connectivity index (χ4n) is 4.09. The maximum atomic E-state index is 12.1. The maximum Gasteiger partial charge on any atom is 0.412 e. The molecule has 1 atom stereocenters. The number of amides is 1. The van der Waals surface area contributed by atoms with Crippen LogP contribution in [-0.2, 0) is 15.7 Å². The first-order valence-corrected chi connectivity index (χ1v) is 10.6. The van der Waals surface area contributed by atoms with Gasteiger partial charge in [-0.25, -0.2) is 4.79 Å². The number of ether oxygens (including phenoxy) is 1. The SMILES string of the molecule is Cc1ccc(S(=O)(=O)O)c(C)c1C1(C(C)(C)C)CN(C(=O)O)c2ccccc2O1. The van der Waals surface area contributed by atoms with Crippen molar-refractivity contribution in [3.63, 3.8) is 0 Å². The smallest absolute Gasteiger partial charge is 0.412 e. The lowest BCUT2D eigenvalue weighted by Crippen LogP contribution is -2.58. The molecular formula is C21H25NO6S. The van der Waals surface area contributed by atoms with E-state index in [9.17, 15) is 22.9 Å². The number of fused-ring (bicyclic) bond motifs is 1. The topological polar surface area (TPSA) is 104 Å². The van der Waals surface area contributed by atoms with Crippen LogP contribution in [0.25, 0.3) is 0 Å². The van der Waals surface area contributed by atoms with E-state index in [4.69, 9.17) is 4.74 Å². The van der Waals surface area contributed by atoms with Crippen molar-refractivity contribution in [2.24, 2.45) is 5.41 Å². The highest BCUT2D eigenvalue weighted by Crippen LogP contribution is 2.51. The maximum absolute atomic E-state index is 12.1. The van der Waals surface area contributed by atoms with Crippen LogP contribution in [0.1, 0.15) is 37.5 Å². The van der Waals surface area contributed by atoms with Crippen LogP contribution in [-0.4, -0.2) is 30.7 Å².